The molecule has 0 radical (unpaired) electrons. The summed E-state index contributed by atoms with van der Waals surface area (Å²) in [5, 5.41) is 0. The van der Waals surface area contributed by atoms with Crippen molar-refractivity contribution in [1.29, 1.82) is 0 Å². The predicted octanol–water partition coefficient (Wildman–Crippen LogP) is 1.81. The quantitative estimate of drug-likeness (QED) is 0.811. The van der Waals surface area contributed by atoms with Crippen LogP contribution in [0, 0.1) is 5.92 Å². The maximum atomic E-state index is 12.1. The number of fused-ring (bicyclic) bond motifs is 1. The highest BCUT2D eigenvalue weighted by molar-refractivity contribution is 5.97. The first-order chi connectivity index (χ1) is 10.5. The molecule has 2 aromatic rings. The summed E-state index contributed by atoms with van der Waals surface area (Å²) in [6.45, 7) is 2.23. The number of nitrogens with zero attached hydrogens (tertiary/aromatic N) is 2. The molecule has 6 heteroatoms. The van der Waals surface area contributed by atoms with E-state index in [-0.39, 0.29) is 24.3 Å². The van der Waals surface area contributed by atoms with Crippen molar-refractivity contribution in [3.05, 3.63) is 34.3 Å². The molecule has 0 N–H and O–H groups in total. The number of carbonyl (C=O) groups is 2. The lowest BCUT2D eigenvalue weighted by molar-refractivity contribution is -0.150. The summed E-state index contributed by atoms with van der Waals surface area (Å²) >= 11 is 0. The van der Waals surface area contributed by atoms with Crippen LogP contribution in [0.4, 0.5) is 0 Å². The third-order valence-electron chi connectivity index (χ3n) is 4.30. The lowest BCUT2D eigenvalue weighted by Gasteiger charge is -2.29. The zero-order chi connectivity index (χ0) is 15.9. The van der Waals surface area contributed by atoms with E-state index >= 15 is 0 Å². The molecule has 3 rings (SSSR count). The lowest BCUT2D eigenvalue weighted by Crippen LogP contribution is -2.42. The van der Waals surface area contributed by atoms with Crippen LogP contribution in [0.15, 0.2) is 27.4 Å². The van der Waals surface area contributed by atoms with Crippen LogP contribution in [-0.4, -0.2) is 21.3 Å². The van der Waals surface area contributed by atoms with Crippen molar-refractivity contribution >= 4 is 22.9 Å². The van der Waals surface area contributed by atoms with Crippen LogP contribution < -0.4 is 5.76 Å². The van der Waals surface area contributed by atoms with Crippen molar-refractivity contribution in [2.75, 3.05) is 0 Å². The van der Waals surface area contributed by atoms with E-state index < -0.39 is 5.76 Å². The minimum atomic E-state index is -0.428. The van der Waals surface area contributed by atoms with E-state index in [9.17, 15) is 14.4 Å². The molecule has 0 aliphatic carbocycles. The molecule has 2 amide bonds. The maximum absolute atomic E-state index is 12.1. The number of carbonyl (C=O) groups excluding carboxylic acids is 2. The molecule has 1 aromatic heterocycles. The Kier molecular flexibility index (Phi) is 3.60. The molecule has 0 saturated carbocycles. The first-order valence-corrected chi connectivity index (χ1v) is 7.41. The first kappa shape index (κ1) is 14.6. The summed E-state index contributed by atoms with van der Waals surface area (Å²) < 4.78 is 6.48. The Morgan fingerprint density at radius 3 is 2.50 bits per heavy atom. The van der Waals surface area contributed by atoms with Gasteiger partial charge in [-0.2, -0.15) is 0 Å². The smallest absolute Gasteiger partial charge is 0.408 e. The molecular weight excluding hydrogens is 284 g/mol. The number of hydrogen-bond donors (Lipinski definition) is 0. The van der Waals surface area contributed by atoms with E-state index in [1.165, 1.54) is 9.47 Å². The Morgan fingerprint density at radius 1 is 1.18 bits per heavy atom. The highest BCUT2D eigenvalue weighted by Gasteiger charge is 2.31. The standard InChI is InChI=1S/C16H18N2O4/c1-3-10-7-14(19)18(15(20)8-10)9-11-4-5-13-12(6-11)17(2)16(21)22-13/h4-6,10H,3,7-9H2,1-2H3. The zero-order valence-corrected chi connectivity index (χ0v) is 12.7. The minimum Gasteiger partial charge on any atom is -0.408 e. The van der Waals surface area contributed by atoms with Gasteiger partial charge in [-0.1, -0.05) is 19.4 Å². The van der Waals surface area contributed by atoms with Crippen molar-refractivity contribution in [3.8, 4) is 0 Å². The van der Waals surface area contributed by atoms with Crippen LogP contribution >= 0.6 is 0 Å². The molecule has 2 heterocycles. The van der Waals surface area contributed by atoms with E-state index in [1.807, 2.05) is 6.92 Å². The van der Waals surface area contributed by atoms with Gasteiger partial charge in [0.15, 0.2) is 5.58 Å². The van der Waals surface area contributed by atoms with Gasteiger partial charge >= 0.3 is 5.76 Å². The third kappa shape index (κ3) is 2.45. The molecular formula is C16H18N2O4. The van der Waals surface area contributed by atoms with Gasteiger partial charge in [-0.25, -0.2) is 4.79 Å². The van der Waals surface area contributed by atoms with Gasteiger partial charge in [-0.05, 0) is 23.6 Å². The second kappa shape index (κ2) is 5.44. The zero-order valence-electron chi connectivity index (χ0n) is 12.7. The Hall–Kier alpha value is -2.37. The predicted molar refractivity (Wildman–Crippen MR) is 80.0 cm³/mol. The Bertz CT molecular complexity index is 784. The summed E-state index contributed by atoms with van der Waals surface area (Å²) in [6, 6.07) is 5.25. The second-order valence-corrected chi connectivity index (χ2v) is 5.79. The summed E-state index contributed by atoms with van der Waals surface area (Å²) in [6.07, 6.45) is 1.69. The van der Waals surface area contributed by atoms with E-state index in [0.29, 0.717) is 23.9 Å². The van der Waals surface area contributed by atoms with Crippen molar-refractivity contribution in [2.24, 2.45) is 13.0 Å². The number of imide groups is 1. The number of aryl methyl sites for hydroxylation is 1. The largest absolute Gasteiger partial charge is 0.419 e. The number of likely N-dealkylation sites (tertiary alicyclic amines) is 1. The van der Waals surface area contributed by atoms with E-state index in [0.717, 1.165) is 12.0 Å². The van der Waals surface area contributed by atoms with E-state index in [4.69, 9.17) is 4.42 Å². The average Bonchev–Trinajstić information content (AvgIpc) is 2.78. The van der Waals surface area contributed by atoms with Crippen LogP contribution in [0.25, 0.3) is 11.1 Å². The number of piperidine rings is 1. The Labute approximate surface area is 127 Å². The molecule has 0 bridgehead atoms. The van der Waals surface area contributed by atoms with Gasteiger partial charge in [0.1, 0.15) is 0 Å². The minimum absolute atomic E-state index is 0.121. The van der Waals surface area contributed by atoms with Crippen molar-refractivity contribution in [1.82, 2.24) is 9.47 Å². The molecule has 0 spiro atoms. The molecule has 1 saturated heterocycles. The third-order valence-corrected chi connectivity index (χ3v) is 4.30. The molecule has 22 heavy (non-hydrogen) atoms. The number of hydrogen-bond acceptors (Lipinski definition) is 4. The fourth-order valence-electron chi connectivity index (χ4n) is 2.84. The fraction of sp³-hybridized carbons (Fsp3) is 0.438. The number of rotatable bonds is 3. The molecule has 1 aliphatic heterocycles. The number of amides is 2. The first-order valence-electron chi connectivity index (χ1n) is 7.41. The molecule has 6 nitrogen and oxygen atoms in total. The summed E-state index contributed by atoms with van der Waals surface area (Å²) in [5.41, 5.74) is 1.96. The van der Waals surface area contributed by atoms with Crippen LogP contribution in [0.3, 0.4) is 0 Å². The number of benzene rings is 1. The topological polar surface area (TPSA) is 72.5 Å². The normalized spacial score (nSPS) is 16.7. The monoisotopic (exact) mass is 302 g/mol. The van der Waals surface area contributed by atoms with Crippen molar-refractivity contribution in [3.63, 3.8) is 0 Å². The number of aromatic nitrogens is 1. The van der Waals surface area contributed by atoms with E-state index in [2.05, 4.69) is 0 Å². The molecule has 0 atom stereocenters. The molecule has 1 fully saturated rings. The van der Waals surface area contributed by atoms with Crippen LogP contribution in [0.5, 0.6) is 0 Å². The highest BCUT2D eigenvalue weighted by Crippen LogP contribution is 2.24. The maximum Gasteiger partial charge on any atom is 0.419 e. The van der Waals surface area contributed by atoms with Crippen molar-refractivity contribution < 1.29 is 14.0 Å². The molecule has 0 unspecified atom stereocenters. The Morgan fingerprint density at radius 2 is 1.86 bits per heavy atom. The molecule has 1 aliphatic rings. The van der Waals surface area contributed by atoms with Gasteiger partial charge in [0.25, 0.3) is 0 Å². The summed E-state index contributed by atoms with van der Waals surface area (Å²) in [5.74, 6) is -0.509. The average molecular weight is 302 g/mol. The van der Waals surface area contributed by atoms with Gasteiger partial charge in [0.2, 0.25) is 11.8 Å². The highest BCUT2D eigenvalue weighted by atomic mass is 16.4. The van der Waals surface area contributed by atoms with E-state index in [1.54, 1.807) is 25.2 Å². The molecule has 116 valence electrons. The number of oxazole rings is 1. The van der Waals surface area contributed by atoms with Crippen LogP contribution in [0.2, 0.25) is 0 Å². The van der Waals surface area contributed by atoms with Crippen molar-refractivity contribution in [2.45, 2.75) is 32.7 Å². The molecule has 1 aromatic carbocycles. The van der Waals surface area contributed by atoms with Crippen LogP contribution in [0.1, 0.15) is 31.7 Å². The lowest BCUT2D eigenvalue weighted by atomic mass is 9.93. The SMILES string of the molecule is CCC1CC(=O)N(Cc2ccc3oc(=O)n(C)c3c2)C(=O)C1. The fourth-order valence-corrected chi connectivity index (χ4v) is 2.84. The van der Waals surface area contributed by atoms with Gasteiger partial charge < -0.3 is 4.42 Å². The summed E-state index contributed by atoms with van der Waals surface area (Å²) in [7, 11) is 1.63. The van der Waals surface area contributed by atoms with Crippen LogP contribution in [-0.2, 0) is 23.2 Å². The van der Waals surface area contributed by atoms with Gasteiger partial charge in [-0.15, -0.1) is 0 Å². The summed E-state index contributed by atoms with van der Waals surface area (Å²) in [4.78, 5) is 37.1. The Balaban J connectivity index is 1.86. The van der Waals surface area contributed by atoms with Gasteiger partial charge in [0, 0.05) is 19.9 Å². The van der Waals surface area contributed by atoms with Gasteiger partial charge in [0.05, 0.1) is 12.1 Å². The second-order valence-electron chi connectivity index (χ2n) is 5.79. The van der Waals surface area contributed by atoms with Gasteiger partial charge in [-0.3, -0.25) is 19.1 Å².